The van der Waals surface area contributed by atoms with Crippen LogP contribution in [0.15, 0.2) is 12.7 Å². The van der Waals surface area contributed by atoms with Crippen molar-refractivity contribution in [2.24, 2.45) is 0 Å². The fourth-order valence-corrected chi connectivity index (χ4v) is 0.854. The average molecular weight is 172 g/mol. The standard InChI is InChI=1S/C7H16NO.C3H6/c1-4-8(2,3)5-7-6-9-7;1-3-2/h7H,4-6H2,1-3H3;3H,1H2,2H3/q+1;. The molecule has 1 atom stereocenters. The van der Waals surface area contributed by atoms with Gasteiger partial charge in [-0.05, 0) is 13.8 Å². The fraction of sp³-hybridized carbons (Fsp3) is 0.800. The molecule has 1 rings (SSSR count). The topological polar surface area (TPSA) is 12.5 Å². The van der Waals surface area contributed by atoms with Crippen LogP contribution in [0.1, 0.15) is 13.8 Å². The summed E-state index contributed by atoms with van der Waals surface area (Å²) in [4.78, 5) is 0. The zero-order valence-corrected chi connectivity index (χ0v) is 8.84. The van der Waals surface area contributed by atoms with E-state index >= 15 is 0 Å². The highest BCUT2D eigenvalue weighted by Crippen LogP contribution is 2.12. The maximum Gasteiger partial charge on any atom is 0.130 e. The van der Waals surface area contributed by atoms with Gasteiger partial charge in [-0.3, -0.25) is 0 Å². The van der Waals surface area contributed by atoms with Crippen LogP contribution in [0.2, 0.25) is 0 Å². The van der Waals surface area contributed by atoms with Gasteiger partial charge in [0.25, 0.3) is 0 Å². The van der Waals surface area contributed by atoms with E-state index in [9.17, 15) is 0 Å². The molecule has 0 aromatic carbocycles. The molecular formula is C10H22NO+. The van der Waals surface area contributed by atoms with Crippen LogP contribution in [0.5, 0.6) is 0 Å². The molecule has 0 N–H and O–H groups in total. The summed E-state index contributed by atoms with van der Waals surface area (Å²) in [6, 6.07) is 0. The summed E-state index contributed by atoms with van der Waals surface area (Å²) >= 11 is 0. The highest BCUT2D eigenvalue weighted by molar-refractivity contribution is 4.67. The largest absolute Gasteiger partial charge is 0.367 e. The van der Waals surface area contributed by atoms with Crippen molar-refractivity contribution in [1.82, 2.24) is 0 Å². The predicted octanol–water partition coefficient (Wildman–Crippen LogP) is 1.67. The van der Waals surface area contributed by atoms with Crippen molar-refractivity contribution in [3.63, 3.8) is 0 Å². The van der Waals surface area contributed by atoms with E-state index in [0.717, 1.165) is 11.1 Å². The summed E-state index contributed by atoms with van der Waals surface area (Å²) in [6.45, 7) is 10.8. The van der Waals surface area contributed by atoms with Crippen LogP contribution in [0.4, 0.5) is 0 Å². The fourth-order valence-electron chi connectivity index (χ4n) is 0.854. The van der Waals surface area contributed by atoms with Crippen molar-refractivity contribution in [2.45, 2.75) is 20.0 Å². The van der Waals surface area contributed by atoms with Crippen LogP contribution in [-0.2, 0) is 4.74 Å². The minimum atomic E-state index is 0.569. The molecule has 2 heteroatoms. The van der Waals surface area contributed by atoms with Crippen molar-refractivity contribution in [3.05, 3.63) is 12.7 Å². The van der Waals surface area contributed by atoms with Gasteiger partial charge in [0, 0.05) is 0 Å². The van der Waals surface area contributed by atoms with Crippen LogP contribution >= 0.6 is 0 Å². The minimum absolute atomic E-state index is 0.569. The molecule has 72 valence electrons. The van der Waals surface area contributed by atoms with Gasteiger partial charge in [0.15, 0.2) is 0 Å². The number of likely N-dealkylation sites (N-methyl/N-ethyl adjacent to an activating group) is 1. The Balaban J connectivity index is 0.000000354. The molecule has 0 spiro atoms. The summed E-state index contributed by atoms with van der Waals surface area (Å²) in [7, 11) is 4.48. The van der Waals surface area contributed by atoms with Gasteiger partial charge in [-0.15, -0.1) is 6.58 Å². The van der Waals surface area contributed by atoms with Crippen LogP contribution in [-0.4, -0.2) is 44.4 Å². The number of quaternary nitrogens is 1. The molecule has 0 saturated carbocycles. The van der Waals surface area contributed by atoms with E-state index in [4.69, 9.17) is 4.74 Å². The minimum Gasteiger partial charge on any atom is -0.367 e. The Kier molecular flexibility index (Phi) is 5.18. The van der Waals surface area contributed by atoms with Gasteiger partial charge < -0.3 is 9.22 Å². The third-order valence-corrected chi connectivity index (χ3v) is 1.96. The average Bonchev–Trinajstić information content (AvgIpc) is 2.73. The summed E-state index contributed by atoms with van der Waals surface area (Å²) < 4.78 is 6.22. The molecule has 0 aliphatic carbocycles. The molecule has 0 aromatic rings. The van der Waals surface area contributed by atoms with Gasteiger partial charge in [-0.25, -0.2) is 0 Å². The van der Waals surface area contributed by atoms with Crippen molar-refractivity contribution >= 4 is 0 Å². The Morgan fingerprint density at radius 3 is 2.25 bits per heavy atom. The summed E-state index contributed by atoms with van der Waals surface area (Å²) in [5, 5.41) is 0. The van der Waals surface area contributed by atoms with Gasteiger partial charge in [-0.1, -0.05) is 6.08 Å². The second-order valence-corrected chi connectivity index (χ2v) is 3.80. The van der Waals surface area contributed by atoms with Gasteiger partial charge >= 0.3 is 0 Å². The molecule has 1 saturated heterocycles. The lowest BCUT2D eigenvalue weighted by molar-refractivity contribution is -0.888. The number of rotatable bonds is 3. The summed E-state index contributed by atoms with van der Waals surface area (Å²) in [5.41, 5.74) is 0. The normalized spacial score (nSPS) is 20.8. The van der Waals surface area contributed by atoms with E-state index in [1.807, 2.05) is 6.92 Å². The lowest BCUT2D eigenvalue weighted by Gasteiger charge is -2.26. The Morgan fingerprint density at radius 1 is 1.58 bits per heavy atom. The van der Waals surface area contributed by atoms with Gasteiger partial charge in [0.2, 0.25) is 0 Å². The van der Waals surface area contributed by atoms with Crippen LogP contribution < -0.4 is 0 Å². The second-order valence-electron chi connectivity index (χ2n) is 3.80. The molecule has 1 heterocycles. The first-order valence-electron chi connectivity index (χ1n) is 4.56. The van der Waals surface area contributed by atoms with E-state index in [0.29, 0.717) is 6.10 Å². The Bertz CT molecular complexity index is 128. The molecule has 1 aliphatic rings. The number of hydrogen-bond donors (Lipinski definition) is 0. The summed E-state index contributed by atoms with van der Waals surface area (Å²) in [5.74, 6) is 0. The van der Waals surface area contributed by atoms with Crippen molar-refractivity contribution < 1.29 is 9.22 Å². The molecule has 1 fully saturated rings. The molecule has 0 amide bonds. The molecule has 0 aromatic heterocycles. The second kappa shape index (κ2) is 5.33. The SMILES string of the molecule is C=CC.CC[N+](C)(C)CC1CO1. The maximum absolute atomic E-state index is 5.13. The van der Waals surface area contributed by atoms with E-state index in [-0.39, 0.29) is 0 Å². The Labute approximate surface area is 76.4 Å². The van der Waals surface area contributed by atoms with Gasteiger partial charge in [-0.2, -0.15) is 0 Å². The lowest BCUT2D eigenvalue weighted by Crippen LogP contribution is -2.42. The number of epoxide rings is 1. The van der Waals surface area contributed by atoms with E-state index < -0.39 is 0 Å². The van der Waals surface area contributed by atoms with Crippen LogP contribution in [0, 0.1) is 0 Å². The third kappa shape index (κ3) is 6.38. The molecule has 12 heavy (non-hydrogen) atoms. The van der Waals surface area contributed by atoms with Crippen molar-refractivity contribution in [1.29, 1.82) is 0 Å². The molecular weight excluding hydrogens is 150 g/mol. The van der Waals surface area contributed by atoms with Crippen molar-refractivity contribution in [2.75, 3.05) is 33.8 Å². The molecule has 0 bridgehead atoms. The quantitative estimate of drug-likeness (QED) is 0.358. The first-order valence-corrected chi connectivity index (χ1v) is 4.56. The van der Waals surface area contributed by atoms with Gasteiger partial charge in [0.1, 0.15) is 12.6 Å². The maximum atomic E-state index is 5.13. The summed E-state index contributed by atoms with van der Waals surface area (Å²) in [6.07, 6.45) is 2.32. The third-order valence-electron chi connectivity index (χ3n) is 1.96. The van der Waals surface area contributed by atoms with E-state index in [2.05, 4.69) is 27.6 Å². The number of nitrogens with zero attached hydrogens (tertiary/aromatic N) is 1. The Morgan fingerprint density at radius 2 is 2.00 bits per heavy atom. The first kappa shape index (κ1) is 11.7. The van der Waals surface area contributed by atoms with Crippen LogP contribution in [0.3, 0.4) is 0 Å². The monoisotopic (exact) mass is 172 g/mol. The van der Waals surface area contributed by atoms with Crippen molar-refractivity contribution in [3.8, 4) is 0 Å². The smallest absolute Gasteiger partial charge is 0.130 e. The Hall–Kier alpha value is -0.340. The first-order chi connectivity index (χ1) is 5.55. The molecule has 1 unspecified atom stereocenters. The zero-order chi connectivity index (χ0) is 9.61. The zero-order valence-electron chi connectivity index (χ0n) is 8.84. The number of ether oxygens (including phenoxy) is 1. The lowest BCUT2D eigenvalue weighted by atomic mass is 10.4. The van der Waals surface area contributed by atoms with E-state index in [1.54, 1.807) is 6.08 Å². The van der Waals surface area contributed by atoms with E-state index in [1.165, 1.54) is 13.1 Å². The predicted molar refractivity (Wildman–Crippen MR) is 53.1 cm³/mol. The number of allylic oxidation sites excluding steroid dienone is 1. The number of hydrogen-bond acceptors (Lipinski definition) is 1. The highest BCUT2D eigenvalue weighted by atomic mass is 16.6. The van der Waals surface area contributed by atoms with Gasteiger partial charge in [0.05, 0.1) is 27.2 Å². The molecule has 1 aliphatic heterocycles. The molecule has 0 radical (unpaired) electrons. The van der Waals surface area contributed by atoms with Crippen LogP contribution in [0.25, 0.3) is 0 Å². The highest BCUT2D eigenvalue weighted by Gasteiger charge is 2.30. The molecule has 2 nitrogen and oxygen atoms in total.